The van der Waals surface area contributed by atoms with Gasteiger partial charge in [0, 0.05) is 23.4 Å². The zero-order chi connectivity index (χ0) is 14.7. The fourth-order valence-electron chi connectivity index (χ4n) is 1.56. The highest BCUT2D eigenvalue weighted by Gasteiger charge is 2.18. The molecule has 1 aromatic carbocycles. The van der Waals surface area contributed by atoms with Gasteiger partial charge in [0.05, 0.1) is 10.5 Å². The number of nitro benzene ring substituents is 1. The molecular weight excluding hydrogens is 278 g/mol. The van der Waals surface area contributed by atoms with E-state index in [-0.39, 0.29) is 17.0 Å². The van der Waals surface area contributed by atoms with Crippen molar-refractivity contribution in [2.45, 2.75) is 23.9 Å². The number of nitro groups is 1. The number of ketones is 1. The Morgan fingerprint density at radius 3 is 2.50 bits per heavy atom. The number of hydrogen-bond acceptors (Lipinski definition) is 6. The Balaban J connectivity index is 2.34. The maximum atomic E-state index is 11.3. The Labute approximate surface area is 119 Å². The number of carbonyl (C=O) groups is 1. The van der Waals surface area contributed by atoms with Gasteiger partial charge in [-0.1, -0.05) is 0 Å². The van der Waals surface area contributed by atoms with E-state index in [1.807, 2.05) is 6.92 Å². The monoisotopic (exact) mass is 289 g/mol. The molecule has 6 nitrogen and oxygen atoms in total. The third kappa shape index (κ3) is 3.18. The first-order valence-electron chi connectivity index (χ1n) is 5.73. The Morgan fingerprint density at radius 2 is 1.95 bits per heavy atom. The van der Waals surface area contributed by atoms with Gasteiger partial charge in [-0.05, 0) is 43.3 Å². The molecule has 0 radical (unpaired) electrons. The molecule has 0 saturated carbocycles. The van der Waals surface area contributed by atoms with Crippen molar-refractivity contribution in [3.05, 3.63) is 51.8 Å². The summed E-state index contributed by atoms with van der Waals surface area (Å²) in [5, 5.41) is 11.5. The van der Waals surface area contributed by atoms with Crippen LogP contribution in [0.3, 0.4) is 0 Å². The third-order valence-corrected chi connectivity index (χ3v) is 3.39. The first kappa shape index (κ1) is 14.1. The Hall–Kier alpha value is -2.28. The molecule has 0 aliphatic heterocycles. The molecule has 0 N–H and O–H groups in total. The summed E-state index contributed by atoms with van der Waals surface area (Å²) in [6, 6.07) is 4.47. The van der Waals surface area contributed by atoms with Crippen LogP contribution in [0, 0.1) is 17.0 Å². The van der Waals surface area contributed by atoms with Crippen LogP contribution in [0.2, 0.25) is 0 Å². The molecule has 0 saturated heterocycles. The van der Waals surface area contributed by atoms with Crippen LogP contribution in [0.4, 0.5) is 5.69 Å². The highest BCUT2D eigenvalue weighted by molar-refractivity contribution is 7.99. The smallest absolute Gasteiger partial charge is 0.281 e. The molecule has 20 heavy (non-hydrogen) atoms. The summed E-state index contributed by atoms with van der Waals surface area (Å²) in [5.41, 5.74) is 0.839. The van der Waals surface area contributed by atoms with E-state index in [4.69, 9.17) is 0 Å². The number of benzene rings is 1. The van der Waals surface area contributed by atoms with Gasteiger partial charge < -0.3 is 0 Å². The number of aryl methyl sites for hydroxylation is 1. The third-order valence-electron chi connectivity index (χ3n) is 2.51. The fraction of sp³-hybridized carbons (Fsp3) is 0.154. The highest BCUT2D eigenvalue weighted by atomic mass is 32.2. The van der Waals surface area contributed by atoms with Crippen LogP contribution in [0.25, 0.3) is 0 Å². The predicted octanol–water partition coefficient (Wildman–Crippen LogP) is 3.05. The van der Waals surface area contributed by atoms with Gasteiger partial charge in [0.1, 0.15) is 0 Å². The van der Waals surface area contributed by atoms with Crippen LogP contribution in [-0.2, 0) is 0 Å². The zero-order valence-corrected chi connectivity index (χ0v) is 11.7. The second kappa shape index (κ2) is 5.79. The van der Waals surface area contributed by atoms with E-state index in [0.717, 1.165) is 5.56 Å². The van der Waals surface area contributed by atoms with Gasteiger partial charge in [-0.2, -0.15) is 0 Å². The summed E-state index contributed by atoms with van der Waals surface area (Å²) >= 11 is 1.21. The second-order valence-electron chi connectivity index (χ2n) is 4.14. The van der Waals surface area contributed by atoms with Crippen LogP contribution >= 0.6 is 11.8 Å². The van der Waals surface area contributed by atoms with E-state index >= 15 is 0 Å². The topological polar surface area (TPSA) is 86.0 Å². The quantitative estimate of drug-likeness (QED) is 0.372. The molecule has 0 aliphatic carbocycles. The maximum Gasteiger partial charge on any atom is 0.281 e. The van der Waals surface area contributed by atoms with Crippen molar-refractivity contribution in [3.63, 3.8) is 0 Å². The highest BCUT2D eigenvalue weighted by Crippen LogP contribution is 2.30. The standard InChI is InChI=1S/C13H11N3O3S/c1-8-6-14-13(15-7-8)20-10-3-4-11(9(2)17)12(5-10)16(18)19/h3-7H,1-2H3. The lowest BCUT2D eigenvalue weighted by atomic mass is 10.1. The van der Waals surface area contributed by atoms with E-state index in [2.05, 4.69) is 9.97 Å². The normalized spacial score (nSPS) is 10.3. The van der Waals surface area contributed by atoms with Gasteiger partial charge >= 0.3 is 0 Å². The molecule has 0 aliphatic rings. The van der Waals surface area contributed by atoms with Crippen molar-refractivity contribution >= 4 is 23.2 Å². The first-order valence-corrected chi connectivity index (χ1v) is 6.55. The van der Waals surface area contributed by atoms with E-state index < -0.39 is 4.92 Å². The molecule has 0 amide bonds. The van der Waals surface area contributed by atoms with E-state index in [0.29, 0.717) is 10.1 Å². The minimum absolute atomic E-state index is 0.101. The van der Waals surface area contributed by atoms with E-state index in [1.165, 1.54) is 30.8 Å². The van der Waals surface area contributed by atoms with Gasteiger partial charge in [-0.15, -0.1) is 0 Å². The second-order valence-corrected chi connectivity index (χ2v) is 5.18. The fourth-order valence-corrected chi connectivity index (χ4v) is 2.29. The first-order chi connectivity index (χ1) is 9.47. The van der Waals surface area contributed by atoms with Gasteiger partial charge in [0.15, 0.2) is 10.9 Å². The maximum absolute atomic E-state index is 11.3. The molecule has 102 valence electrons. The summed E-state index contributed by atoms with van der Waals surface area (Å²) in [6.07, 6.45) is 3.35. The van der Waals surface area contributed by atoms with Crippen LogP contribution in [0.5, 0.6) is 0 Å². The number of hydrogen-bond donors (Lipinski definition) is 0. The minimum Gasteiger partial charge on any atom is -0.294 e. The molecule has 7 heteroatoms. The Morgan fingerprint density at radius 1 is 1.30 bits per heavy atom. The molecule has 0 spiro atoms. The molecule has 0 fully saturated rings. The van der Waals surface area contributed by atoms with Crippen molar-refractivity contribution in [1.29, 1.82) is 0 Å². The summed E-state index contributed by atoms with van der Waals surface area (Å²) in [7, 11) is 0. The van der Waals surface area contributed by atoms with Crippen molar-refractivity contribution in [2.75, 3.05) is 0 Å². The van der Waals surface area contributed by atoms with Crippen LogP contribution in [0.1, 0.15) is 22.8 Å². The Kier molecular flexibility index (Phi) is 4.09. The van der Waals surface area contributed by atoms with Gasteiger partial charge in [0.25, 0.3) is 5.69 Å². The molecule has 1 aromatic heterocycles. The van der Waals surface area contributed by atoms with Gasteiger partial charge in [0.2, 0.25) is 0 Å². The zero-order valence-electron chi connectivity index (χ0n) is 10.9. The van der Waals surface area contributed by atoms with Gasteiger partial charge in [-0.3, -0.25) is 14.9 Å². The number of nitrogens with zero attached hydrogens (tertiary/aromatic N) is 3. The van der Waals surface area contributed by atoms with Crippen LogP contribution in [-0.4, -0.2) is 20.7 Å². The summed E-state index contributed by atoms with van der Waals surface area (Å²) in [5.74, 6) is -0.333. The lowest BCUT2D eigenvalue weighted by molar-refractivity contribution is -0.385. The lowest BCUT2D eigenvalue weighted by Crippen LogP contribution is -2.00. The average molecular weight is 289 g/mol. The lowest BCUT2D eigenvalue weighted by Gasteiger charge is -2.03. The van der Waals surface area contributed by atoms with E-state index in [1.54, 1.807) is 18.5 Å². The number of rotatable bonds is 4. The predicted molar refractivity (Wildman–Crippen MR) is 74.0 cm³/mol. The van der Waals surface area contributed by atoms with Gasteiger partial charge in [-0.25, -0.2) is 9.97 Å². The molecule has 2 rings (SSSR count). The average Bonchev–Trinajstić information content (AvgIpc) is 2.41. The Bertz CT molecular complexity index is 671. The van der Waals surface area contributed by atoms with E-state index in [9.17, 15) is 14.9 Å². The van der Waals surface area contributed by atoms with Crippen LogP contribution < -0.4 is 0 Å². The molecule has 2 aromatic rings. The summed E-state index contributed by atoms with van der Waals surface area (Å²) < 4.78 is 0. The largest absolute Gasteiger partial charge is 0.294 e. The van der Waals surface area contributed by atoms with Crippen LogP contribution in [0.15, 0.2) is 40.6 Å². The molecule has 0 bridgehead atoms. The molecule has 0 atom stereocenters. The van der Waals surface area contributed by atoms with Crippen molar-refractivity contribution < 1.29 is 9.72 Å². The van der Waals surface area contributed by atoms with Crippen molar-refractivity contribution in [1.82, 2.24) is 9.97 Å². The summed E-state index contributed by atoms with van der Waals surface area (Å²) in [4.78, 5) is 30.6. The minimum atomic E-state index is -0.559. The SMILES string of the molecule is CC(=O)c1ccc(Sc2ncc(C)cn2)cc1[N+](=O)[O-]. The number of carbonyl (C=O) groups excluding carboxylic acids is 1. The van der Waals surface area contributed by atoms with Crippen molar-refractivity contribution in [2.24, 2.45) is 0 Å². The molecule has 1 heterocycles. The number of aromatic nitrogens is 2. The number of Topliss-reactive ketones (excluding diaryl/α,β-unsaturated/α-hetero) is 1. The molecule has 0 unspecified atom stereocenters. The summed E-state index contributed by atoms with van der Waals surface area (Å²) in [6.45, 7) is 3.18. The molecular formula is C13H11N3O3S. The van der Waals surface area contributed by atoms with Crippen molar-refractivity contribution in [3.8, 4) is 0 Å².